The minimum Gasteiger partial charge on any atom is -0.356 e. The Labute approximate surface area is 132 Å². The minimum atomic E-state index is -0.296. The number of rotatable bonds is 6. The van der Waals surface area contributed by atoms with E-state index in [1.54, 1.807) is 7.05 Å². The molecule has 2 atom stereocenters. The van der Waals surface area contributed by atoms with Gasteiger partial charge >= 0.3 is 0 Å². The lowest BCUT2D eigenvalue weighted by atomic mass is 10.2. The maximum Gasteiger partial charge on any atom is 0.191 e. The fourth-order valence-electron chi connectivity index (χ4n) is 2.90. The second-order valence-corrected chi connectivity index (χ2v) is 5.88. The number of halogens is 1. The average Bonchev–Trinajstić information content (AvgIpc) is 2.87. The smallest absolute Gasteiger partial charge is 0.191 e. The molecule has 0 spiro atoms. The molecule has 1 aromatic rings. The number of likely N-dealkylation sites (tertiary alicyclic amines) is 1. The van der Waals surface area contributed by atoms with Crippen molar-refractivity contribution in [2.24, 2.45) is 4.99 Å². The van der Waals surface area contributed by atoms with E-state index < -0.39 is 0 Å². The molecule has 1 aromatic carbocycles. The van der Waals surface area contributed by atoms with E-state index in [0.29, 0.717) is 25.0 Å². The average molecular weight is 306 g/mol. The van der Waals surface area contributed by atoms with Crippen LogP contribution in [0.2, 0.25) is 0 Å². The lowest BCUT2D eigenvalue weighted by Gasteiger charge is -2.21. The molecule has 0 aromatic heterocycles. The quantitative estimate of drug-likeness (QED) is 0.481. The second-order valence-electron chi connectivity index (χ2n) is 5.88. The first-order chi connectivity index (χ1) is 10.7. The summed E-state index contributed by atoms with van der Waals surface area (Å²) in [5, 5.41) is 6.60. The van der Waals surface area contributed by atoms with E-state index in [9.17, 15) is 4.39 Å². The summed E-state index contributed by atoms with van der Waals surface area (Å²) in [7, 11) is 1.75. The number of nitrogens with one attached hydrogen (secondary N) is 2. The summed E-state index contributed by atoms with van der Waals surface area (Å²) in [4.78, 5) is 6.70. The van der Waals surface area contributed by atoms with Crippen molar-refractivity contribution in [1.82, 2.24) is 15.5 Å². The number of hydrogen-bond acceptors (Lipinski definition) is 2. The van der Waals surface area contributed by atoms with E-state index in [1.165, 1.54) is 5.56 Å². The van der Waals surface area contributed by atoms with Gasteiger partial charge in [-0.25, -0.2) is 0 Å². The SMILES string of the molecule is CN=C(NCCCF)NC1CC(C)N(Cc2ccccc2)C1. The molecule has 2 N–H and O–H groups in total. The molecule has 1 heterocycles. The van der Waals surface area contributed by atoms with Crippen LogP contribution in [0.4, 0.5) is 4.39 Å². The molecule has 1 aliphatic rings. The van der Waals surface area contributed by atoms with E-state index in [2.05, 4.69) is 51.7 Å². The van der Waals surface area contributed by atoms with Crippen molar-refractivity contribution in [3.63, 3.8) is 0 Å². The number of nitrogens with zero attached hydrogens (tertiary/aromatic N) is 2. The van der Waals surface area contributed by atoms with E-state index in [-0.39, 0.29) is 6.67 Å². The van der Waals surface area contributed by atoms with Gasteiger partial charge in [-0.15, -0.1) is 0 Å². The van der Waals surface area contributed by atoms with Crippen LogP contribution < -0.4 is 10.6 Å². The number of hydrogen-bond donors (Lipinski definition) is 2. The lowest BCUT2D eigenvalue weighted by molar-refractivity contribution is 0.258. The Hall–Kier alpha value is -1.62. The van der Waals surface area contributed by atoms with Crippen molar-refractivity contribution in [1.29, 1.82) is 0 Å². The lowest BCUT2D eigenvalue weighted by Crippen LogP contribution is -2.44. The summed E-state index contributed by atoms with van der Waals surface area (Å²) in [5.74, 6) is 0.771. The van der Waals surface area contributed by atoms with Gasteiger partial charge in [0.05, 0.1) is 6.67 Å². The Morgan fingerprint density at radius 2 is 2.14 bits per heavy atom. The van der Waals surface area contributed by atoms with Crippen LogP contribution in [0, 0.1) is 0 Å². The van der Waals surface area contributed by atoms with Crippen molar-refractivity contribution >= 4 is 5.96 Å². The Morgan fingerprint density at radius 3 is 2.82 bits per heavy atom. The molecular weight excluding hydrogens is 279 g/mol. The fraction of sp³-hybridized carbons (Fsp3) is 0.588. The van der Waals surface area contributed by atoms with E-state index in [4.69, 9.17) is 0 Å². The molecule has 1 saturated heterocycles. The van der Waals surface area contributed by atoms with Gasteiger partial charge in [0.15, 0.2) is 5.96 Å². The third kappa shape index (κ3) is 4.98. The normalized spacial score (nSPS) is 22.8. The third-order valence-electron chi connectivity index (χ3n) is 4.10. The largest absolute Gasteiger partial charge is 0.356 e. The summed E-state index contributed by atoms with van der Waals surface area (Å²) >= 11 is 0. The Bertz CT molecular complexity index is 463. The molecule has 0 radical (unpaired) electrons. The molecule has 0 amide bonds. The van der Waals surface area contributed by atoms with E-state index in [0.717, 1.165) is 25.5 Å². The van der Waals surface area contributed by atoms with Crippen molar-refractivity contribution < 1.29 is 4.39 Å². The van der Waals surface area contributed by atoms with Crippen LogP contribution in [0.5, 0.6) is 0 Å². The summed E-state index contributed by atoms with van der Waals surface area (Å²) < 4.78 is 12.2. The first kappa shape index (κ1) is 16.7. The molecule has 122 valence electrons. The topological polar surface area (TPSA) is 39.7 Å². The highest BCUT2D eigenvalue weighted by Gasteiger charge is 2.29. The number of aliphatic imine (C=N–C) groups is 1. The minimum absolute atomic E-state index is 0.296. The fourth-order valence-corrected chi connectivity index (χ4v) is 2.90. The molecule has 0 saturated carbocycles. The highest BCUT2D eigenvalue weighted by Crippen LogP contribution is 2.20. The molecule has 1 aliphatic heterocycles. The first-order valence-electron chi connectivity index (χ1n) is 8.04. The van der Waals surface area contributed by atoms with Crippen LogP contribution in [0.25, 0.3) is 0 Å². The Balaban J connectivity index is 1.82. The number of guanidine groups is 1. The maximum atomic E-state index is 12.2. The van der Waals surface area contributed by atoms with Gasteiger partial charge in [0, 0.05) is 38.8 Å². The maximum absolute atomic E-state index is 12.2. The van der Waals surface area contributed by atoms with Crippen LogP contribution >= 0.6 is 0 Å². The second kappa shape index (κ2) is 8.73. The van der Waals surface area contributed by atoms with Gasteiger partial charge in [-0.2, -0.15) is 0 Å². The van der Waals surface area contributed by atoms with Crippen molar-refractivity contribution in [3.8, 4) is 0 Å². The van der Waals surface area contributed by atoms with Crippen molar-refractivity contribution in [2.45, 2.75) is 38.4 Å². The molecule has 2 unspecified atom stereocenters. The first-order valence-corrected chi connectivity index (χ1v) is 8.04. The van der Waals surface area contributed by atoms with Gasteiger partial charge < -0.3 is 10.6 Å². The van der Waals surface area contributed by atoms with Gasteiger partial charge in [0.1, 0.15) is 0 Å². The number of benzene rings is 1. The van der Waals surface area contributed by atoms with Gasteiger partial charge in [-0.3, -0.25) is 14.3 Å². The molecule has 5 heteroatoms. The zero-order chi connectivity index (χ0) is 15.8. The Morgan fingerprint density at radius 1 is 1.36 bits per heavy atom. The van der Waals surface area contributed by atoms with Crippen LogP contribution in [-0.4, -0.2) is 49.8 Å². The molecule has 0 bridgehead atoms. The summed E-state index contributed by atoms with van der Waals surface area (Å²) in [5.41, 5.74) is 1.35. The standard InChI is InChI=1S/C17H27FN4/c1-14-11-16(21-17(19-2)20-10-6-9-18)13-22(14)12-15-7-4-3-5-8-15/h3-5,7-8,14,16H,6,9-13H2,1-2H3,(H2,19,20,21). The van der Waals surface area contributed by atoms with Crippen LogP contribution in [-0.2, 0) is 6.54 Å². The highest BCUT2D eigenvalue weighted by atomic mass is 19.1. The molecule has 1 fully saturated rings. The predicted molar refractivity (Wildman–Crippen MR) is 89.8 cm³/mol. The molecule has 4 nitrogen and oxygen atoms in total. The molecule has 2 rings (SSSR count). The predicted octanol–water partition coefficient (Wildman–Crippen LogP) is 2.17. The highest BCUT2D eigenvalue weighted by molar-refractivity contribution is 5.80. The third-order valence-corrected chi connectivity index (χ3v) is 4.10. The van der Waals surface area contributed by atoms with E-state index >= 15 is 0 Å². The molecule has 0 aliphatic carbocycles. The summed E-state index contributed by atoms with van der Waals surface area (Å²) in [6, 6.07) is 11.5. The summed E-state index contributed by atoms with van der Waals surface area (Å²) in [6.07, 6.45) is 1.61. The van der Waals surface area contributed by atoms with Gasteiger partial charge in [0.25, 0.3) is 0 Å². The van der Waals surface area contributed by atoms with E-state index in [1.807, 2.05) is 6.07 Å². The summed E-state index contributed by atoms with van der Waals surface area (Å²) in [6.45, 7) is 4.57. The Kier molecular flexibility index (Phi) is 6.65. The van der Waals surface area contributed by atoms with Crippen molar-refractivity contribution in [2.75, 3.05) is 26.8 Å². The van der Waals surface area contributed by atoms with Crippen LogP contribution in [0.3, 0.4) is 0 Å². The van der Waals surface area contributed by atoms with Crippen molar-refractivity contribution in [3.05, 3.63) is 35.9 Å². The zero-order valence-electron chi connectivity index (χ0n) is 13.6. The molecule has 22 heavy (non-hydrogen) atoms. The monoisotopic (exact) mass is 306 g/mol. The van der Waals surface area contributed by atoms with Crippen LogP contribution in [0.15, 0.2) is 35.3 Å². The number of alkyl halides is 1. The van der Waals surface area contributed by atoms with Gasteiger partial charge in [0.2, 0.25) is 0 Å². The van der Waals surface area contributed by atoms with Gasteiger partial charge in [-0.05, 0) is 25.3 Å². The molecular formula is C17H27FN4. The van der Waals surface area contributed by atoms with Gasteiger partial charge in [-0.1, -0.05) is 30.3 Å². The zero-order valence-corrected chi connectivity index (χ0v) is 13.6. The van der Waals surface area contributed by atoms with Crippen LogP contribution in [0.1, 0.15) is 25.3 Å².